The highest BCUT2D eigenvalue weighted by atomic mass is 35.5. The van der Waals surface area contributed by atoms with Gasteiger partial charge < -0.3 is 19.3 Å². The largest absolute Gasteiger partial charge is 0.490 e. The van der Waals surface area contributed by atoms with Crippen LogP contribution in [0, 0.1) is 5.82 Å². The van der Waals surface area contributed by atoms with Crippen molar-refractivity contribution in [3.05, 3.63) is 64.9 Å². The third-order valence-electron chi connectivity index (χ3n) is 8.28. The van der Waals surface area contributed by atoms with Crippen LogP contribution in [0.4, 0.5) is 4.39 Å². The highest BCUT2D eigenvalue weighted by Gasteiger charge is 2.49. The van der Waals surface area contributed by atoms with Crippen molar-refractivity contribution in [2.45, 2.75) is 62.4 Å². The first kappa shape index (κ1) is 26.9. The fourth-order valence-corrected chi connectivity index (χ4v) is 6.42. The van der Waals surface area contributed by atoms with Gasteiger partial charge in [-0.15, -0.1) is 0 Å². The number of rotatable bonds is 7. The summed E-state index contributed by atoms with van der Waals surface area (Å²) in [6.45, 7) is 2.64. The number of hydrogen-bond acceptors (Lipinski definition) is 4. The monoisotopic (exact) mass is 542 g/mol. The van der Waals surface area contributed by atoms with Crippen molar-refractivity contribution >= 4 is 23.4 Å². The molecule has 2 aromatic carbocycles. The van der Waals surface area contributed by atoms with E-state index in [-0.39, 0.29) is 37.2 Å². The molecule has 2 amide bonds. The summed E-state index contributed by atoms with van der Waals surface area (Å²) in [5.74, 6) is 0.340. The summed E-state index contributed by atoms with van der Waals surface area (Å²) >= 11 is 6.16. The lowest BCUT2D eigenvalue weighted by molar-refractivity contribution is -0.169. The molecule has 38 heavy (non-hydrogen) atoms. The second kappa shape index (κ2) is 11.6. The van der Waals surface area contributed by atoms with Gasteiger partial charge in [0.05, 0.1) is 25.0 Å². The zero-order valence-electron chi connectivity index (χ0n) is 21.8. The molecule has 2 aliphatic heterocycles. The predicted molar refractivity (Wildman–Crippen MR) is 144 cm³/mol. The normalized spacial score (nSPS) is 23.3. The number of ether oxygens (including phenoxy) is 2. The number of halogens is 2. The van der Waals surface area contributed by atoms with E-state index in [0.29, 0.717) is 23.9 Å². The third-order valence-corrected chi connectivity index (χ3v) is 8.51. The molecule has 3 aliphatic rings. The van der Waals surface area contributed by atoms with E-state index in [0.717, 1.165) is 63.6 Å². The fraction of sp³-hybridized carbons (Fsp3) is 0.533. The summed E-state index contributed by atoms with van der Waals surface area (Å²) in [4.78, 5) is 31.4. The molecule has 204 valence electrons. The molecule has 0 N–H and O–H groups in total. The lowest BCUT2D eigenvalue weighted by Gasteiger charge is -2.45. The maximum Gasteiger partial charge on any atom is 0.233 e. The van der Waals surface area contributed by atoms with Crippen LogP contribution in [0.25, 0.3) is 0 Å². The Morgan fingerprint density at radius 3 is 2.39 bits per heavy atom. The second-order valence-corrected chi connectivity index (χ2v) is 11.4. The molecule has 5 rings (SSSR count). The summed E-state index contributed by atoms with van der Waals surface area (Å²) in [6, 6.07) is 13.5. The molecule has 1 atom stereocenters. The van der Waals surface area contributed by atoms with Crippen LogP contribution in [-0.2, 0) is 19.7 Å². The minimum absolute atomic E-state index is 0.0301. The van der Waals surface area contributed by atoms with Gasteiger partial charge in [-0.1, -0.05) is 42.6 Å². The van der Waals surface area contributed by atoms with Crippen molar-refractivity contribution in [1.82, 2.24) is 9.80 Å². The van der Waals surface area contributed by atoms with Gasteiger partial charge >= 0.3 is 0 Å². The molecule has 2 heterocycles. The molecule has 0 spiro atoms. The van der Waals surface area contributed by atoms with Crippen LogP contribution in [0.5, 0.6) is 5.75 Å². The minimum Gasteiger partial charge on any atom is -0.490 e. The number of carbonyl (C=O) groups is 2. The van der Waals surface area contributed by atoms with E-state index in [4.69, 9.17) is 21.1 Å². The van der Waals surface area contributed by atoms with E-state index in [9.17, 15) is 14.0 Å². The number of likely N-dealkylation sites (tertiary alicyclic amines) is 1. The Labute approximate surface area is 229 Å². The summed E-state index contributed by atoms with van der Waals surface area (Å²) in [5, 5.41) is 0.560. The van der Waals surface area contributed by atoms with E-state index in [1.165, 1.54) is 12.1 Å². The third kappa shape index (κ3) is 5.84. The number of carbonyl (C=O) groups excluding carboxylic acids is 2. The highest BCUT2D eigenvalue weighted by molar-refractivity contribution is 6.30. The molecule has 0 radical (unpaired) electrons. The van der Waals surface area contributed by atoms with Gasteiger partial charge in [-0.05, 0) is 68.0 Å². The first-order valence-electron chi connectivity index (χ1n) is 13.7. The van der Waals surface area contributed by atoms with Crippen LogP contribution >= 0.6 is 11.6 Å². The van der Waals surface area contributed by atoms with Crippen LogP contribution in [0.3, 0.4) is 0 Å². The van der Waals surface area contributed by atoms with Crippen LogP contribution in [0.2, 0.25) is 5.02 Å². The minimum atomic E-state index is -0.979. The molecular weight excluding hydrogens is 507 g/mol. The van der Waals surface area contributed by atoms with E-state index in [2.05, 4.69) is 0 Å². The first-order valence-corrected chi connectivity index (χ1v) is 14.1. The average Bonchev–Trinajstić information content (AvgIpc) is 3.44. The molecule has 2 saturated heterocycles. The van der Waals surface area contributed by atoms with Crippen molar-refractivity contribution < 1.29 is 23.5 Å². The zero-order valence-corrected chi connectivity index (χ0v) is 22.6. The van der Waals surface area contributed by atoms with Crippen molar-refractivity contribution in [2.24, 2.45) is 0 Å². The molecule has 1 saturated carbocycles. The highest BCUT2D eigenvalue weighted by Crippen LogP contribution is 2.43. The molecule has 0 aromatic heterocycles. The van der Waals surface area contributed by atoms with E-state index < -0.39 is 11.0 Å². The Morgan fingerprint density at radius 2 is 1.68 bits per heavy atom. The number of amides is 2. The smallest absolute Gasteiger partial charge is 0.233 e. The Hall–Kier alpha value is -2.64. The molecule has 8 heteroatoms. The number of benzene rings is 2. The molecule has 2 aromatic rings. The van der Waals surface area contributed by atoms with Gasteiger partial charge in [-0.3, -0.25) is 9.59 Å². The van der Waals surface area contributed by atoms with Gasteiger partial charge in [0, 0.05) is 24.7 Å². The zero-order chi connectivity index (χ0) is 26.6. The lowest BCUT2D eigenvalue weighted by atomic mass is 9.77. The van der Waals surface area contributed by atoms with Crippen LogP contribution in [0.15, 0.2) is 48.5 Å². The number of morpholine rings is 1. The van der Waals surface area contributed by atoms with Gasteiger partial charge in [-0.25, -0.2) is 4.39 Å². The van der Waals surface area contributed by atoms with E-state index >= 15 is 0 Å². The molecular formula is C30H36ClFN2O4. The van der Waals surface area contributed by atoms with E-state index in [1.54, 1.807) is 24.3 Å². The quantitative estimate of drug-likeness (QED) is 0.472. The number of piperidine rings is 1. The predicted octanol–water partition coefficient (Wildman–Crippen LogP) is 5.37. The summed E-state index contributed by atoms with van der Waals surface area (Å²) < 4.78 is 26.2. The van der Waals surface area contributed by atoms with E-state index in [1.807, 2.05) is 21.9 Å². The standard InChI is InChI=1S/C30H36ClFN2O4/c31-24-7-6-8-26(19-24)37-22-29(20-27(35)33-15-4-1-5-16-33)21-34(17-18-38-29)28(36)30(13-2-3-14-30)23-9-11-25(32)12-10-23/h6-12,19H,1-5,13-18,20-22H2/t29-/m1/s1. The summed E-state index contributed by atoms with van der Waals surface area (Å²) in [7, 11) is 0. The van der Waals surface area contributed by atoms with Crippen LogP contribution < -0.4 is 4.74 Å². The molecule has 3 fully saturated rings. The van der Waals surface area contributed by atoms with Crippen molar-refractivity contribution in [3.8, 4) is 5.75 Å². The Balaban J connectivity index is 1.39. The van der Waals surface area contributed by atoms with Crippen molar-refractivity contribution in [2.75, 3.05) is 39.4 Å². The van der Waals surface area contributed by atoms with Gasteiger partial charge in [0.15, 0.2) is 0 Å². The maximum atomic E-state index is 14.2. The SMILES string of the molecule is O=C(C[C@]1(COc2cccc(Cl)c2)CN(C(=O)C2(c3ccc(F)cc3)CCCC2)CCO1)N1CCCCC1. The Kier molecular flexibility index (Phi) is 8.24. The summed E-state index contributed by atoms with van der Waals surface area (Å²) in [6.07, 6.45) is 6.64. The number of hydrogen-bond donors (Lipinski definition) is 0. The molecule has 1 aliphatic carbocycles. The van der Waals surface area contributed by atoms with Gasteiger partial charge in [0.2, 0.25) is 11.8 Å². The molecule has 6 nitrogen and oxygen atoms in total. The Bertz CT molecular complexity index is 1130. The van der Waals surface area contributed by atoms with Gasteiger partial charge in [0.25, 0.3) is 0 Å². The maximum absolute atomic E-state index is 14.2. The topological polar surface area (TPSA) is 59.1 Å². The average molecular weight is 543 g/mol. The molecule has 0 bridgehead atoms. The Morgan fingerprint density at radius 1 is 0.947 bits per heavy atom. The van der Waals surface area contributed by atoms with Crippen molar-refractivity contribution in [3.63, 3.8) is 0 Å². The second-order valence-electron chi connectivity index (χ2n) is 10.9. The lowest BCUT2D eigenvalue weighted by Crippen LogP contribution is -2.61. The van der Waals surface area contributed by atoms with Crippen LogP contribution in [0.1, 0.15) is 56.9 Å². The first-order chi connectivity index (χ1) is 18.4. The molecule has 0 unspecified atom stereocenters. The van der Waals surface area contributed by atoms with Gasteiger partial charge in [-0.2, -0.15) is 0 Å². The van der Waals surface area contributed by atoms with Gasteiger partial charge in [0.1, 0.15) is 23.8 Å². The number of nitrogens with zero attached hydrogens (tertiary/aromatic N) is 2. The van der Waals surface area contributed by atoms with Crippen molar-refractivity contribution in [1.29, 1.82) is 0 Å². The van der Waals surface area contributed by atoms with Crippen LogP contribution in [-0.4, -0.2) is 66.6 Å². The fourth-order valence-electron chi connectivity index (χ4n) is 6.24. The summed E-state index contributed by atoms with van der Waals surface area (Å²) in [5.41, 5.74) is -0.799.